The number of nitrogens with one attached hydrogen (secondary N) is 1. The highest BCUT2D eigenvalue weighted by Crippen LogP contribution is 2.17. The molecular formula is C15H15BrFN. The van der Waals surface area contributed by atoms with Gasteiger partial charge in [-0.05, 0) is 47.9 Å². The average molecular weight is 308 g/mol. The minimum Gasteiger partial charge on any atom is -0.381 e. The average Bonchev–Trinajstić information content (AvgIpc) is 2.36. The summed E-state index contributed by atoms with van der Waals surface area (Å²) in [4.78, 5) is 0. The van der Waals surface area contributed by atoms with Gasteiger partial charge < -0.3 is 5.32 Å². The first-order chi connectivity index (χ1) is 8.67. The maximum absolute atomic E-state index is 13.2. The van der Waals surface area contributed by atoms with Gasteiger partial charge >= 0.3 is 0 Å². The van der Waals surface area contributed by atoms with Gasteiger partial charge in [0.2, 0.25) is 0 Å². The Labute approximate surface area is 115 Å². The standard InChI is InChI=1S/C15H15BrFN/c1-2-11-3-5-15(6-4-11)18-10-12-7-13(16)9-14(17)8-12/h3-9,18H,2,10H2,1H3. The lowest BCUT2D eigenvalue weighted by atomic mass is 10.1. The highest BCUT2D eigenvalue weighted by atomic mass is 79.9. The summed E-state index contributed by atoms with van der Waals surface area (Å²) in [7, 11) is 0. The fourth-order valence-electron chi connectivity index (χ4n) is 1.78. The van der Waals surface area contributed by atoms with Gasteiger partial charge in [0.05, 0.1) is 0 Å². The van der Waals surface area contributed by atoms with Gasteiger partial charge in [0, 0.05) is 16.7 Å². The highest BCUT2D eigenvalue weighted by Gasteiger charge is 1.99. The zero-order valence-corrected chi connectivity index (χ0v) is 11.8. The maximum Gasteiger partial charge on any atom is 0.124 e. The SMILES string of the molecule is CCc1ccc(NCc2cc(F)cc(Br)c2)cc1. The number of hydrogen-bond donors (Lipinski definition) is 1. The molecule has 2 aromatic rings. The van der Waals surface area contributed by atoms with Crippen molar-refractivity contribution in [1.82, 2.24) is 0 Å². The van der Waals surface area contributed by atoms with Crippen LogP contribution in [0, 0.1) is 5.82 Å². The fourth-order valence-corrected chi connectivity index (χ4v) is 2.29. The van der Waals surface area contributed by atoms with E-state index in [1.807, 2.05) is 18.2 Å². The summed E-state index contributed by atoms with van der Waals surface area (Å²) in [6.45, 7) is 2.74. The third kappa shape index (κ3) is 3.57. The molecule has 0 aliphatic heterocycles. The van der Waals surface area contributed by atoms with Crippen molar-refractivity contribution in [2.45, 2.75) is 19.9 Å². The number of rotatable bonds is 4. The van der Waals surface area contributed by atoms with Gasteiger partial charge in [-0.25, -0.2) is 4.39 Å². The van der Waals surface area contributed by atoms with Gasteiger partial charge in [0.1, 0.15) is 5.82 Å². The number of benzene rings is 2. The summed E-state index contributed by atoms with van der Waals surface area (Å²) in [6.07, 6.45) is 1.04. The van der Waals surface area contributed by atoms with Crippen LogP contribution in [-0.4, -0.2) is 0 Å². The molecule has 3 heteroatoms. The molecule has 0 bridgehead atoms. The molecule has 2 rings (SSSR count). The largest absolute Gasteiger partial charge is 0.381 e. The predicted molar refractivity (Wildman–Crippen MR) is 77.2 cm³/mol. The lowest BCUT2D eigenvalue weighted by Gasteiger charge is -2.08. The van der Waals surface area contributed by atoms with Gasteiger partial charge in [-0.2, -0.15) is 0 Å². The Bertz CT molecular complexity index is 502. The molecule has 0 spiro atoms. The van der Waals surface area contributed by atoms with Crippen LogP contribution in [0.25, 0.3) is 0 Å². The monoisotopic (exact) mass is 307 g/mol. The second-order valence-corrected chi connectivity index (χ2v) is 5.10. The first-order valence-electron chi connectivity index (χ1n) is 5.95. The minimum absolute atomic E-state index is 0.220. The smallest absolute Gasteiger partial charge is 0.124 e. The highest BCUT2D eigenvalue weighted by molar-refractivity contribution is 9.10. The maximum atomic E-state index is 13.2. The minimum atomic E-state index is -0.220. The molecule has 1 nitrogen and oxygen atoms in total. The van der Waals surface area contributed by atoms with Gasteiger partial charge in [0.25, 0.3) is 0 Å². The van der Waals surface area contributed by atoms with Crippen LogP contribution in [0.2, 0.25) is 0 Å². The van der Waals surface area contributed by atoms with E-state index in [1.54, 1.807) is 0 Å². The normalized spacial score (nSPS) is 10.4. The third-order valence-electron chi connectivity index (χ3n) is 2.78. The molecule has 0 radical (unpaired) electrons. The molecule has 0 saturated carbocycles. The first-order valence-corrected chi connectivity index (χ1v) is 6.74. The van der Waals surface area contributed by atoms with E-state index in [9.17, 15) is 4.39 Å². The molecule has 1 N–H and O–H groups in total. The Morgan fingerprint density at radius 2 is 1.78 bits per heavy atom. The lowest BCUT2D eigenvalue weighted by Crippen LogP contribution is -2.00. The van der Waals surface area contributed by atoms with Gasteiger partial charge in [0.15, 0.2) is 0 Å². The number of hydrogen-bond acceptors (Lipinski definition) is 1. The molecule has 0 saturated heterocycles. The van der Waals surface area contributed by atoms with Crippen LogP contribution in [0.5, 0.6) is 0 Å². The number of halogens is 2. The molecule has 0 fully saturated rings. The van der Waals surface area contributed by atoms with Crippen LogP contribution >= 0.6 is 15.9 Å². The Morgan fingerprint density at radius 3 is 2.39 bits per heavy atom. The van der Waals surface area contributed by atoms with Crippen molar-refractivity contribution in [2.24, 2.45) is 0 Å². The number of aryl methyl sites for hydroxylation is 1. The Hall–Kier alpha value is -1.35. The Balaban J connectivity index is 2.01. The molecule has 94 valence electrons. The van der Waals surface area contributed by atoms with Gasteiger partial charge in [-0.3, -0.25) is 0 Å². The van der Waals surface area contributed by atoms with Gasteiger partial charge in [-0.1, -0.05) is 35.0 Å². The topological polar surface area (TPSA) is 12.0 Å². The van der Waals surface area contributed by atoms with E-state index in [1.165, 1.54) is 17.7 Å². The third-order valence-corrected chi connectivity index (χ3v) is 3.24. The summed E-state index contributed by atoms with van der Waals surface area (Å²) >= 11 is 3.29. The fraction of sp³-hybridized carbons (Fsp3) is 0.200. The summed E-state index contributed by atoms with van der Waals surface area (Å²) in [5.41, 5.74) is 3.28. The van der Waals surface area contributed by atoms with Crippen molar-refractivity contribution in [3.8, 4) is 0 Å². The zero-order chi connectivity index (χ0) is 13.0. The van der Waals surface area contributed by atoms with Crippen molar-refractivity contribution < 1.29 is 4.39 Å². The van der Waals surface area contributed by atoms with E-state index < -0.39 is 0 Å². The summed E-state index contributed by atoms with van der Waals surface area (Å²) in [5.74, 6) is -0.220. The van der Waals surface area contributed by atoms with Crippen LogP contribution in [-0.2, 0) is 13.0 Å². The van der Waals surface area contributed by atoms with Crippen LogP contribution < -0.4 is 5.32 Å². The Morgan fingerprint density at radius 1 is 1.06 bits per heavy atom. The van der Waals surface area contributed by atoms with E-state index in [0.717, 1.165) is 22.1 Å². The van der Waals surface area contributed by atoms with E-state index >= 15 is 0 Å². The summed E-state index contributed by atoms with van der Waals surface area (Å²) < 4.78 is 14.0. The van der Waals surface area contributed by atoms with Crippen LogP contribution in [0.1, 0.15) is 18.1 Å². The summed E-state index contributed by atoms with van der Waals surface area (Å²) in [5, 5.41) is 3.28. The molecule has 0 unspecified atom stereocenters. The van der Waals surface area contributed by atoms with Crippen LogP contribution in [0.3, 0.4) is 0 Å². The molecular weight excluding hydrogens is 293 g/mol. The van der Waals surface area contributed by atoms with E-state index in [-0.39, 0.29) is 5.82 Å². The quantitative estimate of drug-likeness (QED) is 0.858. The van der Waals surface area contributed by atoms with E-state index in [4.69, 9.17) is 0 Å². The summed E-state index contributed by atoms with van der Waals surface area (Å²) in [6, 6.07) is 13.2. The second-order valence-electron chi connectivity index (χ2n) is 4.18. The number of anilines is 1. The molecule has 2 aromatic carbocycles. The van der Waals surface area contributed by atoms with E-state index in [2.05, 4.69) is 40.3 Å². The van der Waals surface area contributed by atoms with Crippen LogP contribution in [0.15, 0.2) is 46.9 Å². The van der Waals surface area contributed by atoms with Crippen molar-refractivity contribution in [1.29, 1.82) is 0 Å². The predicted octanol–water partition coefficient (Wildman–Crippen LogP) is 4.76. The zero-order valence-electron chi connectivity index (χ0n) is 10.2. The first kappa shape index (κ1) is 13.1. The van der Waals surface area contributed by atoms with Crippen LogP contribution in [0.4, 0.5) is 10.1 Å². The van der Waals surface area contributed by atoms with Crippen molar-refractivity contribution in [2.75, 3.05) is 5.32 Å². The van der Waals surface area contributed by atoms with Crippen molar-refractivity contribution in [3.05, 3.63) is 63.9 Å². The van der Waals surface area contributed by atoms with E-state index in [0.29, 0.717) is 6.54 Å². The molecule has 0 aromatic heterocycles. The molecule has 0 aliphatic carbocycles. The molecule has 0 amide bonds. The Kier molecular flexibility index (Phi) is 4.37. The second kappa shape index (κ2) is 6.01. The van der Waals surface area contributed by atoms with Crippen molar-refractivity contribution in [3.63, 3.8) is 0 Å². The lowest BCUT2D eigenvalue weighted by molar-refractivity contribution is 0.625. The molecule has 0 heterocycles. The van der Waals surface area contributed by atoms with Crippen molar-refractivity contribution >= 4 is 21.6 Å². The molecule has 18 heavy (non-hydrogen) atoms. The molecule has 0 aliphatic rings. The van der Waals surface area contributed by atoms with Gasteiger partial charge in [-0.15, -0.1) is 0 Å². The molecule has 0 atom stereocenters.